The second kappa shape index (κ2) is 66.3. The maximum absolute atomic E-state index is 13.1. The zero-order valence-electron chi connectivity index (χ0n) is 59.7. The van der Waals surface area contributed by atoms with Gasteiger partial charge >= 0.3 is 39.5 Å². The molecular weight excluding hydrogens is 1210 g/mol. The summed E-state index contributed by atoms with van der Waals surface area (Å²) in [5, 5.41) is 10.6. The number of hydrogen-bond acceptors (Lipinski definition) is 15. The first-order valence-corrected chi connectivity index (χ1v) is 41.1. The van der Waals surface area contributed by atoms with E-state index in [1.807, 2.05) is 0 Å². The van der Waals surface area contributed by atoms with Gasteiger partial charge in [0.15, 0.2) is 12.2 Å². The third-order valence-corrected chi connectivity index (χ3v) is 18.9. The van der Waals surface area contributed by atoms with Crippen LogP contribution in [0.4, 0.5) is 0 Å². The summed E-state index contributed by atoms with van der Waals surface area (Å²) in [6.45, 7) is 7.19. The van der Waals surface area contributed by atoms with Crippen molar-refractivity contribution >= 4 is 39.5 Å². The molecule has 0 aliphatic carbocycles. The fraction of sp³-hybridized carbons (Fsp3) is 0.945. The van der Waals surface area contributed by atoms with E-state index in [4.69, 9.17) is 37.0 Å². The molecule has 0 amide bonds. The smallest absolute Gasteiger partial charge is 0.462 e. The quantitative estimate of drug-likeness (QED) is 0.0222. The Morgan fingerprint density at radius 1 is 0.293 bits per heavy atom. The summed E-state index contributed by atoms with van der Waals surface area (Å²) in [6.07, 6.45) is 54.1. The molecule has 0 aliphatic heterocycles. The molecule has 2 unspecified atom stereocenters. The molecule has 3 N–H and O–H groups in total. The summed E-state index contributed by atoms with van der Waals surface area (Å²) in [6, 6.07) is 0. The van der Waals surface area contributed by atoms with Crippen LogP contribution in [0.1, 0.15) is 381 Å². The van der Waals surface area contributed by atoms with Crippen LogP contribution in [0.2, 0.25) is 0 Å². The summed E-state index contributed by atoms with van der Waals surface area (Å²) >= 11 is 0. The molecule has 17 nitrogen and oxygen atoms in total. The van der Waals surface area contributed by atoms with Gasteiger partial charge in [-0.1, -0.05) is 330 Å². The molecule has 0 spiro atoms. The highest BCUT2D eigenvalue weighted by Crippen LogP contribution is 2.45. The van der Waals surface area contributed by atoms with E-state index in [2.05, 4.69) is 34.6 Å². The van der Waals surface area contributed by atoms with Crippen LogP contribution in [-0.4, -0.2) is 96.7 Å². The van der Waals surface area contributed by atoms with Crippen molar-refractivity contribution in [3.63, 3.8) is 0 Å². The normalized spacial score (nSPS) is 14.0. The van der Waals surface area contributed by atoms with E-state index >= 15 is 0 Å². The van der Waals surface area contributed by atoms with Gasteiger partial charge in [0.2, 0.25) is 0 Å². The Balaban J connectivity index is 5.23. The highest BCUT2D eigenvalue weighted by Gasteiger charge is 2.30. The van der Waals surface area contributed by atoms with E-state index in [-0.39, 0.29) is 25.7 Å². The lowest BCUT2D eigenvalue weighted by Crippen LogP contribution is -2.30. The van der Waals surface area contributed by atoms with Crippen molar-refractivity contribution in [2.75, 3.05) is 39.6 Å². The molecule has 0 aromatic heterocycles. The van der Waals surface area contributed by atoms with Gasteiger partial charge in [0.25, 0.3) is 0 Å². The van der Waals surface area contributed by atoms with Gasteiger partial charge in [-0.05, 0) is 31.6 Å². The second-order valence-corrected chi connectivity index (χ2v) is 29.7. The number of carbonyl (C=O) groups excluding carboxylic acids is 4. The highest BCUT2D eigenvalue weighted by atomic mass is 31.2. The number of aliphatic hydroxyl groups is 1. The lowest BCUT2D eigenvalue weighted by molar-refractivity contribution is -0.161. The monoisotopic (exact) mass is 1350 g/mol. The summed E-state index contributed by atoms with van der Waals surface area (Å²) < 4.78 is 68.4. The van der Waals surface area contributed by atoms with E-state index < -0.39 is 97.5 Å². The highest BCUT2D eigenvalue weighted by molar-refractivity contribution is 7.47. The average Bonchev–Trinajstić information content (AvgIpc) is 2.78. The van der Waals surface area contributed by atoms with Gasteiger partial charge in [-0.25, -0.2) is 9.13 Å². The van der Waals surface area contributed by atoms with E-state index in [1.54, 1.807) is 0 Å². The first-order valence-electron chi connectivity index (χ1n) is 38.1. The molecule has 0 fully saturated rings. The second-order valence-electron chi connectivity index (χ2n) is 26.8. The number of phosphoric ester groups is 2. The lowest BCUT2D eigenvalue weighted by atomic mass is 10.0. The zero-order chi connectivity index (χ0) is 67.7. The van der Waals surface area contributed by atoms with Gasteiger partial charge in [0.1, 0.15) is 19.3 Å². The Labute approximate surface area is 562 Å². The SMILES string of the molecule is CCCCCCCCCCCCCCCCCCCC(=O)O[C@H](COC(=O)CCCCCCCCCCCCCCCC)COP(=O)(O)OC[C@@H](O)COP(=O)(O)OC[C@@H](COC(=O)CCCCCCCCC(C)C)OC(=O)CCCCCCCCCCCCCC. The molecule has 0 rings (SSSR count). The van der Waals surface area contributed by atoms with Crippen molar-refractivity contribution in [1.82, 2.24) is 0 Å². The molecule has 0 bridgehead atoms. The fourth-order valence-electron chi connectivity index (χ4n) is 11.2. The predicted octanol–water partition coefficient (Wildman–Crippen LogP) is 21.3. The largest absolute Gasteiger partial charge is 0.472 e. The standard InChI is InChI=1S/C73H142O17P2/c1-6-9-12-15-18-21-24-27-29-30-31-33-36-39-42-49-54-59-73(78)89-68(62-83-70(75)56-51-46-40-37-35-32-28-25-22-19-16-13-10-7-2)64-87-91(79,80)85-60-67(74)61-86-92(81,82)88-65-69(63-84-71(76)57-52-47-44-43-45-50-55-66(4)5)90-72(77)58-53-48-41-38-34-26-23-20-17-14-11-8-3/h66-69,74H,6-65H2,1-5H3,(H,79,80)(H,81,82)/t67-,68-,69-/m1/s1. The van der Waals surface area contributed by atoms with Gasteiger partial charge in [-0.2, -0.15) is 0 Å². The zero-order valence-corrected chi connectivity index (χ0v) is 61.5. The Kier molecular flexibility index (Phi) is 64.9. The lowest BCUT2D eigenvalue weighted by Gasteiger charge is -2.21. The van der Waals surface area contributed by atoms with Gasteiger partial charge in [0, 0.05) is 25.7 Å². The first kappa shape index (κ1) is 90.1. The van der Waals surface area contributed by atoms with Crippen molar-refractivity contribution in [2.45, 2.75) is 400 Å². The van der Waals surface area contributed by atoms with E-state index in [1.165, 1.54) is 199 Å². The number of carbonyl (C=O) groups is 4. The summed E-state index contributed by atoms with van der Waals surface area (Å²) in [7, 11) is -9.90. The number of unbranched alkanes of at least 4 members (excludes halogenated alkanes) is 45. The summed E-state index contributed by atoms with van der Waals surface area (Å²) in [5.74, 6) is -1.44. The van der Waals surface area contributed by atoms with E-state index in [0.717, 1.165) is 96.3 Å². The molecule has 0 aromatic carbocycles. The molecular formula is C73H142O17P2. The number of rotatable bonds is 73. The number of aliphatic hydroxyl groups excluding tert-OH is 1. The third kappa shape index (κ3) is 66.7. The van der Waals surface area contributed by atoms with Crippen LogP contribution in [0.15, 0.2) is 0 Å². The molecule has 0 saturated heterocycles. The van der Waals surface area contributed by atoms with Crippen molar-refractivity contribution < 1.29 is 80.2 Å². The average molecular weight is 1350 g/mol. The molecule has 5 atom stereocenters. The van der Waals surface area contributed by atoms with Crippen molar-refractivity contribution in [3.05, 3.63) is 0 Å². The van der Waals surface area contributed by atoms with Crippen LogP contribution < -0.4 is 0 Å². The number of phosphoric acid groups is 2. The van der Waals surface area contributed by atoms with Crippen LogP contribution >= 0.6 is 15.6 Å². The van der Waals surface area contributed by atoms with Crippen molar-refractivity contribution in [3.8, 4) is 0 Å². The summed E-state index contributed by atoms with van der Waals surface area (Å²) in [5.41, 5.74) is 0. The van der Waals surface area contributed by atoms with Gasteiger partial charge in [-0.15, -0.1) is 0 Å². The van der Waals surface area contributed by atoms with Gasteiger partial charge in [0.05, 0.1) is 26.4 Å². The Bertz CT molecular complexity index is 1770. The van der Waals surface area contributed by atoms with Crippen LogP contribution in [0.3, 0.4) is 0 Å². The van der Waals surface area contributed by atoms with Gasteiger partial charge < -0.3 is 33.8 Å². The Hall–Kier alpha value is -1.94. The van der Waals surface area contributed by atoms with Gasteiger partial charge in [-0.3, -0.25) is 37.3 Å². The minimum atomic E-state index is -4.95. The fourth-order valence-corrected chi connectivity index (χ4v) is 12.8. The molecule has 0 aromatic rings. The maximum Gasteiger partial charge on any atom is 0.472 e. The minimum absolute atomic E-state index is 0.107. The molecule has 0 heterocycles. The molecule has 0 aliphatic rings. The molecule has 0 saturated carbocycles. The number of esters is 4. The van der Waals surface area contributed by atoms with E-state index in [0.29, 0.717) is 31.6 Å². The van der Waals surface area contributed by atoms with Crippen molar-refractivity contribution in [1.29, 1.82) is 0 Å². The third-order valence-electron chi connectivity index (χ3n) is 17.0. The van der Waals surface area contributed by atoms with Crippen molar-refractivity contribution in [2.24, 2.45) is 5.92 Å². The molecule has 92 heavy (non-hydrogen) atoms. The molecule has 19 heteroatoms. The molecule has 0 radical (unpaired) electrons. The van der Waals surface area contributed by atoms with Crippen LogP contribution in [0, 0.1) is 5.92 Å². The maximum atomic E-state index is 13.1. The first-order chi connectivity index (χ1) is 44.5. The summed E-state index contributed by atoms with van der Waals surface area (Å²) in [4.78, 5) is 72.6. The predicted molar refractivity (Wildman–Crippen MR) is 372 cm³/mol. The topological polar surface area (TPSA) is 237 Å². The van der Waals surface area contributed by atoms with Crippen LogP contribution in [0.25, 0.3) is 0 Å². The Morgan fingerprint density at radius 2 is 0.500 bits per heavy atom. The van der Waals surface area contributed by atoms with E-state index in [9.17, 15) is 43.2 Å². The van der Waals surface area contributed by atoms with Crippen LogP contribution in [-0.2, 0) is 65.4 Å². The van der Waals surface area contributed by atoms with Crippen LogP contribution in [0.5, 0.6) is 0 Å². The number of ether oxygens (including phenoxy) is 4. The molecule has 546 valence electrons. The minimum Gasteiger partial charge on any atom is -0.462 e. The Morgan fingerprint density at radius 3 is 0.739 bits per heavy atom. The number of hydrogen-bond donors (Lipinski definition) is 3.